The van der Waals surface area contributed by atoms with Crippen LogP contribution in [0.3, 0.4) is 0 Å². The number of hydrogen-bond donors (Lipinski definition) is 0. The van der Waals surface area contributed by atoms with Crippen LogP contribution in [0.15, 0.2) is 0 Å². The molecule has 2 heteroatoms. The molecule has 0 bridgehead atoms. The van der Waals surface area contributed by atoms with E-state index in [1.54, 1.807) is 24.6 Å². The van der Waals surface area contributed by atoms with Crippen molar-refractivity contribution < 1.29 is 0 Å². The Morgan fingerprint density at radius 3 is 0.676 bits per heavy atom. The fourth-order valence-electron chi connectivity index (χ4n) is 5.82. The molecule has 34 heavy (non-hydrogen) atoms. The van der Waals surface area contributed by atoms with Crippen molar-refractivity contribution in [3.05, 3.63) is 0 Å². The van der Waals surface area contributed by atoms with E-state index in [0.717, 1.165) is 0 Å². The van der Waals surface area contributed by atoms with Gasteiger partial charge in [0.25, 0.3) is 0 Å². The molecule has 0 heterocycles. The van der Waals surface area contributed by atoms with Gasteiger partial charge < -0.3 is 0 Å². The van der Waals surface area contributed by atoms with Crippen LogP contribution in [0.2, 0.25) is 0 Å². The summed E-state index contributed by atoms with van der Waals surface area (Å²) in [5.74, 6) is 0. The van der Waals surface area contributed by atoms with Crippen LogP contribution in [-0.2, 0) is 0 Å². The van der Waals surface area contributed by atoms with Crippen molar-refractivity contribution in [1.29, 1.82) is 0 Å². The maximum absolute atomic E-state index is 3.21. The van der Waals surface area contributed by atoms with Gasteiger partial charge in [-0.05, 0) is 0 Å². The van der Waals surface area contributed by atoms with Crippen molar-refractivity contribution in [2.75, 3.05) is 24.6 Å². The number of unbranched alkanes of at least 4 members (excludes halogenated alkanes) is 20. The third kappa shape index (κ3) is 20.2. The SMILES string of the molecule is CCCCCCCCCCCP(I)(CCCCCCC)(CCCCCCC)CCCCCCC. The first-order valence-corrected chi connectivity index (χ1v) is 22.0. The minimum atomic E-state index is -1.59. The van der Waals surface area contributed by atoms with Crippen molar-refractivity contribution in [2.45, 2.75) is 182 Å². The Bertz CT molecular complexity index is 369. The second-order valence-corrected chi connectivity index (χ2v) is 25.4. The van der Waals surface area contributed by atoms with Gasteiger partial charge in [0.2, 0.25) is 0 Å². The van der Waals surface area contributed by atoms with Crippen LogP contribution in [0.25, 0.3) is 0 Å². The predicted octanol–water partition coefficient (Wildman–Crippen LogP) is 13.3. The molecule has 0 spiro atoms. The van der Waals surface area contributed by atoms with Gasteiger partial charge in [0.15, 0.2) is 0 Å². The zero-order valence-electron chi connectivity index (χ0n) is 24.6. The fourth-order valence-corrected chi connectivity index (χ4v) is 15.3. The van der Waals surface area contributed by atoms with Gasteiger partial charge in [0.05, 0.1) is 0 Å². The zero-order chi connectivity index (χ0) is 25.2. The van der Waals surface area contributed by atoms with E-state index in [9.17, 15) is 0 Å². The molecule has 0 aromatic carbocycles. The molecule has 0 unspecified atom stereocenters. The summed E-state index contributed by atoms with van der Waals surface area (Å²) in [5, 5.41) is 0. The van der Waals surface area contributed by atoms with E-state index in [0.29, 0.717) is 0 Å². The van der Waals surface area contributed by atoms with E-state index in [-0.39, 0.29) is 0 Å². The van der Waals surface area contributed by atoms with E-state index in [2.05, 4.69) is 49.7 Å². The summed E-state index contributed by atoms with van der Waals surface area (Å²) in [6.45, 7) is 9.39. The first kappa shape index (κ1) is 35.2. The van der Waals surface area contributed by atoms with Gasteiger partial charge in [-0.3, -0.25) is 0 Å². The van der Waals surface area contributed by atoms with E-state index >= 15 is 0 Å². The summed E-state index contributed by atoms with van der Waals surface area (Å²) in [4.78, 5) is 0. The van der Waals surface area contributed by atoms with Gasteiger partial charge >= 0.3 is 233 Å². The Labute approximate surface area is 231 Å². The third-order valence-electron chi connectivity index (χ3n) is 8.28. The number of rotatable bonds is 28. The van der Waals surface area contributed by atoms with Crippen LogP contribution in [0, 0.1) is 0 Å². The van der Waals surface area contributed by atoms with Crippen LogP contribution in [-0.4, -0.2) is 24.6 Å². The topological polar surface area (TPSA) is 0 Å². The van der Waals surface area contributed by atoms with Crippen molar-refractivity contribution in [3.8, 4) is 0 Å². The molecule has 0 aromatic rings. The van der Waals surface area contributed by atoms with Crippen molar-refractivity contribution >= 4 is 26.3 Å². The Hall–Kier alpha value is 1.16. The standard InChI is InChI=1S/C32H68IP/c1-5-9-13-17-18-19-20-24-28-32-34(33,29-25-21-14-10-6-2,30-26-22-15-11-7-3)31-27-23-16-12-8-4/h5-32H2,1-4H3. The Morgan fingerprint density at radius 1 is 0.294 bits per heavy atom. The summed E-state index contributed by atoms with van der Waals surface area (Å²) in [7, 11) is 0. The molecular weight excluding hydrogens is 542 g/mol. The van der Waals surface area contributed by atoms with Crippen LogP contribution < -0.4 is 0 Å². The molecular formula is C32H68IP. The fraction of sp³-hybridized carbons (Fsp3) is 1.00. The summed E-state index contributed by atoms with van der Waals surface area (Å²) in [5.41, 5.74) is 0. The maximum atomic E-state index is 3.21. The predicted molar refractivity (Wildman–Crippen MR) is 174 cm³/mol. The van der Waals surface area contributed by atoms with Gasteiger partial charge in [0.1, 0.15) is 0 Å². The van der Waals surface area contributed by atoms with Crippen LogP contribution in [0.1, 0.15) is 182 Å². The molecule has 0 nitrogen and oxygen atoms in total. The van der Waals surface area contributed by atoms with Gasteiger partial charge in [-0.25, -0.2) is 0 Å². The minimum absolute atomic E-state index is 1.37. The Kier molecular flexibility index (Phi) is 25.3. The Morgan fingerprint density at radius 2 is 0.471 bits per heavy atom. The van der Waals surface area contributed by atoms with E-state index < -0.39 is 4.25 Å². The van der Waals surface area contributed by atoms with Gasteiger partial charge in [-0.15, -0.1) is 0 Å². The summed E-state index contributed by atoms with van der Waals surface area (Å²) in [6.07, 6.45) is 41.8. The van der Waals surface area contributed by atoms with Crippen LogP contribution >= 0.6 is 26.3 Å². The molecule has 0 radical (unpaired) electrons. The molecule has 0 aliphatic carbocycles. The van der Waals surface area contributed by atoms with Crippen molar-refractivity contribution in [3.63, 3.8) is 0 Å². The molecule has 0 aromatic heterocycles. The van der Waals surface area contributed by atoms with E-state index in [1.807, 2.05) is 0 Å². The summed E-state index contributed by atoms with van der Waals surface area (Å²) in [6, 6.07) is 0. The monoisotopic (exact) mass is 610 g/mol. The quantitative estimate of drug-likeness (QED) is 0.0470. The van der Waals surface area contributed by atoms with Crippen molar-refractivity contribution in [1.82, 2.24) is 0 Å². The molecule has 0 amide bonds. The molecule has 0 fully saturated rings. The van der Waals surface area contributed by atoms with E-state index in [4.69, 9.17) is 0 Å². The van der Waals surface area contributed by atoms with Gasteiger partial charge in [0, 0.05) is 0 Å². The molecule has 0 N–H and O–H groups in total. The molecule has 0 rings (SSSR count). The average Bonchev–Trinajstić information content (AvgIpc) is 2.83. The molecule has 0 saturated heterocycles. The molecule has 0 aliphatic heterocycles. The molecule has 0 atom stereocenters. The molecule has 208 valence electrons. The van der Waals surface area contributed by atoms with Gasteiger partial charge in [-0.1, -0.05) is 0 Å². The first-order chi connectivity index (χ1) is 16.5. The average molecular weight is 611 g/mol. The Balaban J connectivity index is 4.88. The molecule has 0 aliphatic rings. The molecule has 0 saturated carbocycles. The van der Waals surface area contributed by atoms with Crippen LogP contribution in [0.5, 0.6) is 0 Å². The third-order valence-corrected chi connectivity index (χ3v) is 19.8. The number of halogens is 1. The van der Waals surface area contributed by atoms with Crippen molar-refractivity contribution in [2.24, 2.45) is 0 Å². The van der Waals surface area contributed by atoms with Gasteiger partial charge in [-0.2, -0.15) is 0 Å². The normalized spacial score (nSPS) is 13.3. The summed E-state index contributed by atoms with van der Waals surface area (Å²) >= 11 is 3.21. The number of hydrogen-bond acceptors (Lipinski definition) is 0. The summed E-state index contributed by atoms with van der Waals surface area (Å²) < 4.78 is -1.59. The second kappa shape index (κ2) is 24.5. The van der Waals surface area contributed by atoms with E-state index in [1.165, 1.54) is 154 Å². The second-order valence-electron chi connectivity index (χ2n) is 11.8. The first-order valence-electron chi connectivity index (χ1n) is 16.3. The van der Waals surface area contributed by atoms with Crippen LogP contribution in [0.4, 0.5) is 0 Å². The zero-order valence-corrected chi connectivity index (χ0v) is 27.7.